The molecule has 1 saturated heterocycles. The van der Waals surface area contributed by atoms with Crippen LogP contribution >= 0.6 is 0 Å². The Bertz CT molecular complexity index is 307. The van der Waals surface area contributed by atoms with E-state index in [2.05, 4.69) is 12.2 Å². The van der Waals surface area contributed by atoms with Crippen molar-refractivity contribution < 1.29 is 9.59 Å². The van der Waals surface area contributed by atoms with Gasteiger partial charge in [-0.3, -0.25) is 9.59 Å². The first-order chi connectivity index (χ1) is 7.74. The van der Waals surface area contributed by atoms with Crippen molar-refractivity contribution in [2.24, 2.45) is 5.92 Å². The third-order valence-electron chi connectivity index (χ3n) is 3.15. The second-order valence-corrected chi connectivity index (χ2v) is 5.94. The quantitative estimate of drug-likeness (QED) is 0.813. The molecule has 1 aliphatic heterocycles. The Morgan fingerprint density at radius 1 is 1.53 bits per heavy atom. The highest BCUT2D eigenvalue weighted by Crippen LogP contribution is 2.22. The number of hydrogen-bond donors (Lipinski definition) is 1. The van der Waals surface area contributed by atoms with Gasteiger partial charge in [0.1, 0.15) is 0 Å². The molecule has 1 rings (SSSR count). The molecule has 1 N–H and O–H groups in total. The second-order valence-electron chi connectivity index (χ2n) is 5.94. The summed E-state index contributed by atoms with van der Waals surface area (Å²) in [7, 11) is 0. The summed E-state index contributed by atoms with van der Waals surface area (Å²) in [5, 5.41) is 2.94. The molecule has 98 valence electrons. The van der Waals surface area contributed by atoms with Crippen molar-refractivity contribution in [3.05, 3.63) is 0 Å². The first kappa shape index (κ1) is 14.0. The van der Waals surface area contributed by atoms with E-state index >= 15 is 0 Å². The smallest absolute Gasteiger partial charge is 0.225 e. The highest BCUT2D eigenvalue weighted by Gasteiger charge is 2.36. The van der Waals surface area contributed by atoms with Crippen LogP contribution in [0, 0.1) is 5.92 Å². The van der Waals surface area contributed by atoms with E-state index in [4.69, 9.17) is 0 Å². The molecular formula is C13H24N2O2. The average Bonchev–Trinajstić information content (AvgIpc) is 2.57. The van der Waals surface area contributed by atoms with E-state index in [-0.39, 0.29) is 29.3 Å². The number of likely N-dealkylation sites (tertiary alicyclic amines) is 1. The lowest BCUT2D eigenvalue weighted by molar-refractivity contribution is -0.130. The van der Waals surface area contributed by atoms with Crippen LogP contribution in [0.5, 0.6) is 0 Å². The summed E-state index contributed by atoms with van der Waals surface area (Å²) in [5.74, 6) is -0.0826. The summed E-state index contributed by atoms with van der Waals surface area (Å²) in [6.45, 7) is 10.5. The van der Waals surface area contributed by atoms with Crippen molar-refractivity contribution in [2.75, 3.05) is 6.54 Å². The zero-order valence-electron chi connectivity index (χ0n) is 11.5. The molecule has 0 spiro atoms. The molecule has 2 unspecified atom stereocenters. The predicted molar refractivity (Wildman–Crippen MR) is 67.5 cm³/mol. The molecule has 1 heterocycles. The largest absolute Gasteiger partial charge is 0.351 e. The fourth-order valence-corrected chi connectivity index (χ4v) is 2.03. The maximum absolute atomic E-state index is 12.0. The summed E-state index contributed by atoms with van der Waals surface area (Å²) in [5.41, 5.74) is -0.232. The van der Waals surface area contributed by atoms with Gasteiger partial charge in [0.25, 0.3) is 0 Å². The van der Waals surface area contributed by atoms with Gasteiger partial charge in [-0.15, -0.1) is 0 Å². The van der Waals surface area contributed by atoms with Gasteiger partial charge in [-0.2, -0.15) is 0 Å². The standard InChI is InChI=1S/C13H24N2O2/c1-6-9(2)15-8-10(7-11(15)16)12(17)14-13(3,4)5/h9-10H,6-8H2,1-5H3,(H,14,17). The lowest BCUT2D eigenvalue weighted by atomic mass is 10.0. The fraction of sp³-hybridized carbons (Fsp3) is 0.846. The van der Waals surface area contributed by atoms with Gasteiger partial charge >= 0.3 is 0 Å². The molecule has 2 amide bonds. The first-order valence-corrected chi connectivity index (χ1v) is 6.36. The molecule has 0 bridgehead atoms. The highest BCUT2D eigenvalue weighted by atomic mass is 16.2. The van der Waals surface area contributed by atoms with Gasteiger partial charge in [-0.05, 0) is 34.1 Å². The van der Waals surface area contributed by atoms with Gasteiger partial charge < -0.3 is 10.2 Å². The third kappa shape index (κ3) is 3.72. The number of carbonyl (C=O) groups is 2. The summed E-state index contributed by atoms with van der Waals surface area (Å²) < 4.78 is 0. The Morgan fingerprint density at radius 3 is 2.59 bits per heavy atom. The van der Waals surface area contributed by atoms with Crippen LogP contribution in [0.2, 0.25) is 0 Å². The molecule has 0 aromatic carbocycles. The molecule has 17 heavy (non-hydrogen) atoms. The predicted octanol–water partition coefficient (Wildman–Crippen LogP) is 1.55. The SMILES string of the molecule is CCC(C)N1CC(C(=O)NC(C)(C)C)CC1=O. The second kappa shape index (κ2) is 5.07. The molecule has 2 atom stereocenters. The Balaban J connectivity index is 2.60. The van der Waals surface area contributed by atoms with Crippen LogP contribution in [-0.2, 0) is 9.59 Å². The first-order valence-electron chi connectivity index (χ1n) is 6.36. The zero-order valence-corrected chi connectivity index (χ0v) is 11.5. The summed E-state index contributed by atoms with van der Waals surface area (Å²) in [6, 6.07) is 0.231. The minimum Gasteiger partial charge on any atom is -0.351 e. The molecule has 1 aliphatic rings. The highest BCUT2D eigenvalue weighted by molar-refractivity contribution is 5.89. The lowest BCUT2D eigenvalue weighted by Gasteiger charge is -2.25. The Morgan fingerprint density at radius 2 is 2.12 bits per heavy atom. The van der Waals surface area contributed by atoms with E-state index in [0.29, 0.717) is 13.0 Å². The third-order valence-corrected chi connectivity index (χ3v) is 3.15. The molecule has 0 saturated carbocycles. The van der Waals surface area contributed by atoms with E-state index in [1.807, 2.05) is 32.6 Å². The average molecular weight is 240 g/mol. The van der Waals surface area contributed by atoms with Crippen LogP contribution in [0.3, 0.4) is 0 Å². The number of nitrogens with zero attached hydrogens (tertiary/aromatic N) is 1. The van der Waals surface area contributed by atoms with Crippen LogP contribution in [0.15, 0.2) is 0 Å². The number of hydrogen-bond acceptors (Lipinski definition) is 2. The molecule has 0 radical (unpaired) electrons. The van der Waals surface area contributed by atoms with Crippen LogP contribution in [0.4, 0.5) is 0 Å². The van der Waals surface area contributed by atoms with Crippen molar-refractivity contribution in [1.29, 1.82) is 0 Å². The van der Waals surface area contributed by atoms with Crippen LogP contribution in [0.1, 0.15) is 47.5 Å². The minimum absolute atomic E-state index is 0.00310. The van der Waals surface area contributed by atoms with Gasteiger partial charge in [-0.1, -0.05) is 6.92 Å². The summed E-state index contributed by atoms with van der Waals surface area (Å²) >= 11 is 0. The van der Waals surface area contributed by atoms with Gasteiger partial charge in [-0.25, -0.2) is 0 Å². The van der Waals surface area contributed by atoms with E-state index in [0.717, 1.165) is 6.42 Å². The van der Waals surface area contributed by atoms with Crippen LogP contribution < -0.4 is 5.32 Å². The van der Waals surface area contributed by atoms with Gasteiger partial charge in [0.15, 0.2) is 0 Å². The lowest BCUT2D eigenvalue weighted by Crippen LogP contribution is -2.44. The van der Waals surface area contributed by atoms with Gasteiger partial charge in [0.2, 0.25) is 11.8 Å². The van der Waals surface area contributed by atoms with Crippen molar-refractivity contribution in [3.8, 4) is 0 Å². The number of rotatable bonds is 3. The fourth-order valence-electron chi connectivity index (χ4n) is 2.03. The van der Waals surface area contributed by atoms with E-state index < -0.39 is 0 Å². The molecule has 4 nitrogen and oxygen atoms in total. The Hall–Kier alpha value is -1.06. The van der Waals surface area contributed by atoms with Gasteiger partial charge in [0, 0.05) is 24.5 Å². The molecule has 0 aromatic heterocycles. The monoisotopic (exact) mass is 240 g/mol. The van der Waals surface area contributed by atoms with Crippen molar-refractivity contribution in [2.45, 2.75) is 59.0 Å². The van der Waals surface area contributed by atoms with Crippen LogP contribution in [-0.4, -0.2) is 34.8 Å². The number of amides is 2. The topological polar surface area (TPSA) is 49.4 Å². The normalized spacial score (nSPS) is 22.8. The van der Waals surface area contributed by atoms with Crippen molar-refractivity contribution in [3.63, 3.8) is 0 Å². The van der Waals surface area contributed by atoms with Crippen LogP contribution in [0.25, 0.3) is 0 Å². The molecule has 0 aliphatic carbocycles. The zero-order chi connectivity index (χ0) is 13.2. The van der Waals surface area contributed by atoms with Crippen molar-refractivity contribution in [1.82, 2.24) is 10.2 Å². The number of nitrogens with one attached hydrogen (secondary N) is 1. The molecule has 4 heteroatoms. The molecular weight excluding hydrogens is 216 g/mol. The maximum Gasteiger partial charge on any atom is 0.225 e. The Kier molecular flexibility index (Phi) is 4.17. The van der Waals surface area contributed by atoms with E-state index in [1.54, 1.807) is 0 Å². The molecule has 0 aromatic rings. The van der Waals surface area contributed by atoms with Gasteiger partial charge in [0.05, 0.1) is 5.92 Å². The van der Waals surface area contributed by atoms with E-state index in [9.17, 15) is 9.59 Å². The summed E-state index contributed by atoms with van der Waals surface area (Å²) in [4.78, 5) is 25.6. The minimum atomic E-state index is -0.232. The van der Waals surface area contributed by atoms with Crippen molar-refractivity contribution >= 4 is 11.8 Å². The molecule has 1 fully saturated rings. The summed E-state index contributed by atoms with van der Waals surface area (Å²) in [6.07, 6.45) is 1.28. The Labute approximate surface area is 104 Å². The number of carbonyl (C=O) groups excluding carboxylic acids is 2. The maximum atomic E-state index is 12.0. The van der Waals surface area contributed by atoms with E-state index in [1.165, 1.54) is 0 Å².